The Morgan fingerprint density at radius 3 is 2.79 bits per heavy atom. The van der Waals surface area contributed by atoms with Gasteiger partial charge in [-0.1, -0.05) is 27.5 Å². The number of halogens is 2. The van der Waals surface area contributed by atoms with Crippen molar-refractivity contribution in [2.45, 2.75) is 26.3 Å². The van der Waals surface area contributed by atoms with Gasteiger partial charge in [0.2, 0.25) is 0 Å². The Kier molecular flexibility index (Phi) is 4.42. The van der Waals surface area contributed by atoms with Crippen LogP contribution in [0.25, 0.3) is 0 Å². The molecule has 0 atom stereocenters. The first-order chi connectivity index (χ1) is 8.97. The third-order valence-electron chi connectivity index (χ3n) is 2.76. The van der Waals surface area contributed by atoms with E-state index in [1.165, 1.54) is 0 Å². The van der Waals surface area contributed by atoms with Gasteiger partial charge in [0, 0.05) is 22.3 Å². The Balaban J connectivity index is 2.18. The average Bonchev–Trinajstić information content (AvgIpc) is 2.80. The highest BCUT2D eigenvalue weighted by atomic mass is 79.9. The number of aromatic nitrogens is 2. The summed E-state index contributed by atoms with van der Waals surface area (Å²) in [6.45, 7) is 4.09. The molecule has 19 heavy (non-hydrogen) atoms. The van der Waals surface area contributed by atoms with Crippen LogP contribution in [-0.4, -0.2) is 15.6 Å². The van der Waals surface area contributed by atoms with Crippen molar-refractivity contribution >= 4 is 33.3 Å². The van der Waals surface area contributed by atoms with Crippen molar-refractivity contribution in [3.63, 3.8) is 0 Å². The zero-order valence-electron chi connectivity index (χ0n) is 10.7. The minimum Gasteiger partial charge on any atom is -0.294 e. The molecule has 0 aliphatic rings. The molecule has 2 rings (SSSR count). The molecule has 100 valence electrons. The van der Waals surface area contributed by atoms with Crippen LogP contribution in [0.15, 0.2) is 34.9 Å². The van der Waals surface area contributed by atoms with Crippen LogP contribution in [0, 0.1) is 0 Å². The normalized spacial score (nSPS) is 11.0. The Hall–Kier alpha value is -1.13. The van der Waals surface area contributed by atoms with Crippen molar-refractivity contribution in [3.05, 3.63) is 51.2 Å². The van der Waals surface area contributed by atoms with E-state index in [0.29, 0.717) is 16.6 Å². The van der Waals surface area contributed by atoms with Gasteiger partial charge in [0.15, 0.2) is 5.78 Å². The van der Waals surface area contributed by atoms with E-state index in [1.54, 1.807) is 12.1 Å². The summed E-state index contributed by atoms with van der Waals surface area (Å²) in [6.07, 6.45) is 2.14. The molecule has 1 aromatic heterocycles. The van der Waals surface area contributed by atoms with Crippen LogP contribution in [0.3, 0.4) is 0 Å². The van der Waals surface area contributed by atoms with Crippen molar-refractivity contribution in [2.75, 3.05) is 0 Å². The van der Waals surface area contributed by atoms with E-state index in [0.717, 1.165) is 10.2 Å². The Morgan fingerprint density at radius 1 is 1.42 bits per heavy atom. The van der Waals surface area contributed by atoms with E-state index in [2.05, 4.69) is 21.0 Å². The predicted octanol–water partition coefficient (Wildman–Crippen LogP) is 4.31. The van der Waals surface area contributed by atoms with Gasteiger partial charge < -0.3 is 0 Å². The number of hydrogen-bond acceptors (Lipinski definition) is 2. The fourth-order valence-corrected chi connectivity index (χ4v) is 2.31. The van der Waals surface area contributed by atoms with Crippen LogP contribution < -0.4 is 0 Å². The monoisotopic (exact) mass is 340 g/mol. The predicted molar refractivity (Wildman–Crippen MR) is 79.8 cm³/mol. The van der Waals surface area contributed by atoms with Gasteiger partial charge in [0.25, 0.3) is 0 Å². The van der Waals surface area contributed by atoms with E-state index >= 15 is 0 Å². The molecule has 2 aromatic rings. The van der Waals surface area contributed by atoms with Crippen molar-refractivity contribution in [2.24, 2.45) is 0 Å². The van der Waals surface area contributed by atoms with Crippen LogP contribution in [0.2, 0.25) is 5.02 Å². The summed E-state index contributed by atoms with van der Waals surface area (Å²) < 4.78 is 2.68. The number of carbonyl (C=O) groups is 1. The molecular formula is C14H14BrClN2O. The second-order valence-corrected chi connectivity index (χ2v) is 5.93. The van der Waals surface area contributed by atoms with E-state index in [9.17, 15) is 4.79 Å². The minimum absolute atomic E-state index is 0.0275. The van der Waals surface area contributed by atoms with Crippen molar-refractivity contribution < 1.29 is 4.79 Å². The van der Waals surface area contributed by atoms with E-state index in [-0.39, 0.29) is 12.2 Å². The van der Waals surface area contributed by atoms with E-state index in [1.807, 2.05) is 36.9 Å². The summed E-state index contributed by atoms with van der Waals surface area (Å²) in [5.41, 5.74) is 1.28. The first-order valence-electron chi connectivity index (χ1n) is 5.99. The Labute approximate surface area is 125 Å². The maximum absolute atomic E-state index is 12.2. The number of rotatable bonds is 4. The summed E-state index contributed by atoms with van der Waals surface area (Å²) >= 11 is 9.39. The van der Waals surface area contributed by atoms with Crippen LogP contribution in [0.1, 0.15) is 35.9 Å². The topological polar surface area (TPSA) is 34.9 Å². The second-order valence-electron chi connectivity index (χ2n) is 4.60. The minimum atomic E-state index is -0.0275. The molecule has 0 fully saturated rings. The number of ketones is 1. The first kappa shape index (κ1) is 14.3. The molecule has 0 aliphatic heterocycles. The molecule has 0 amide bonds. The Morgan fingerprint density at radius 2 is 2.16 bits per heavy atom. The van der Waals surface area contributed by atoms with Gasteiger partial charge in [-0.3, -0.25) is 9.48 Å². The Bertz CT molecular complexity index is 607. The highest BCUT2D eigenvalue weighted by molar-refractivity contribution is 9.10. The lowest BCUT2D eigenvalue weighted by molar-refractivity contribution is 0.0991. The zero-order valence-corrected chi connectivity index (χ0v) is 13.1. The number of carbonyl (C=O) groups excluding carboxylic acids is 1. The quantitative estimate of drug-likeness (QED) is 0.777. The molecule has 0 bridgehead atoms. The van der Waals surface area contributed by atoms with Crippen molar-refractivity contribution in [3.8, 4) is 0 Å². The summed E-state index contributed by atoms with van der Waals surface area (Å²) in [7, 11) is 0. The molecule has 0 unspecified atom stereocenters. The summed E-state index contributed by atoms with van der Waals surface area (Å²) in [4.78, 5) is 12.2. The van der Waals surface area contributed by atoms with Crippen LogP contribution in [0.5, 0.6) is 0 Å². The van der Waals surface area contributed by atoms with Crippen LogP contribution >= 0.6 is 27.5 Å². The maximum Gasteiger partial charge on any atom is 0.170 e. The molecule has 1 aromatic carbocycles. The van der Waals surface area contributed by atoms with Gasteiger partial charge in [-0.2, -0.15) is 5.10 Å². The molecular weight excluding hydrogens is 328 g/mol. The lowest BCUT2D eigenvalue weighted by Crippen LogP contribution is -2.07. The lowest BCUT2D eigenvalue weighted by Gasteiger charge is -2.05. The van der Waals surface area contributed by atoms with Gasteiger partial charge >= 0.3 is 0 Å². The third-order valence-corrected chi connectivity index (χ3v) is 3.59. The standard InChI is InChI=1S/C14H14BrClN2O/c1-9(2)18-6-5-11(17-18)8-14(19)12-7-10(15)3-4-13(12)16/h3-7,9H,8H2,1-2H3. The molecule has 1 heterocycles. The van der Waals surface area contributed by atoms with Gasteiger partial charge in [0.05, 0.1) is 17.1 Å². The lowest BCUT2D eigenvalue weighted by atomic mass is 10.1. The van der Waals surface area contributed by atoms with Gasteiger partial charge in [-0.15, -0.1) is 0 Å². The highest BCUT2D eigenvalue weighted by Gasteiger charge is 2.13. The van der Waals surface area contributed by atoms with Crippen LogP contribution in [0.4, 0.5) is 0 Å². The second kappa shape index (κ2) is 5.88. The smallest absolute Gasteiger partial charge is 0.170 e. The molecule has 0 saturated carbocycles. The van der Waals surface area contributed by atoms with E-state index < -0.39 is 0 Å². The largest absolute Gasteiger partial charge is 0.294 e. The third kappa shape index (κ3) is 3.45. The molecule has 0 aliphatic carbocycles. The molecule has 3 nitrogen and oxygen atoms in total. The van der Waals surface area contributed by atoms with Crippen molar-refractivity contribution in [1.29, 1.82) is 0 Å². The molecule has 0 N–H and O–H groups in total. The summed E-state index contributed by atoms with van der Waals surface area (Å²) in [5.74, 6) is -0.0275. The summed E-state index contributed by atoms with van der Waals surface area (Å²) in [6, 6.07) is 7.42. The fourth-order valence-electron chi connectivity index (χ4n) is 1.73. The highest BCUT2D eigenvalue weighted by Crippen LogP contribution is 2.22. The van der Waals surface area contributed by atoms with Gasteiger partial charge in [-0.05, 0) is 38.1 Å². The number of hydrogen-bond donors (Lipinski definition) is 0. The molecule has 0 radical (unpaired) electrons. The molecule has 5 heteroatoms. The molecule has 0 saturated heterocycles. The zero-order chi connectivity index (χ0) is 14.0. The maximum atomic E-state index is 12.2. The molecule has 0 spiro atoms. The SMILES string of the molecule is CC(C)n1ccc(CC(=O)c2cc(Br)ccc2Cl)n1. The van der Waals surface area contributed by atoms with Gasteiger partial charge in [0.1, 0.15) is 0 Å². The van der Waals surface area contributed by atoms with E-state index in [4.69, 9.17) is 11.6 Å². The van der Waals surface area contributed by atoms with Gasteiger partial charge in [-0.25, -0.2) is 0 Å². The number of Topliss-reactive ketones (excluding diaryl/α,β-unsaturated/α-hetero) is 1. The first-order valence-corrected chi connectivity index (χ1v) is 7.16. The fraction of sp³-hybridized carbons (Fsp3) is 0.286. The number of nitrogens with zero attached hydrogens (tertiary/aromatic N) is 2. The van der Waals surface area contributed by atoms with Crippen molar-refractivity contribution in [1.82, 2.24) is 9.78 Å². The summed E-state index contributed by atoms with van der Waals surface area (Å²) in [5, 5.41) is 4.84. The average molecular weight is 342 g/mol. The number of benzene rings is 1. The van der Waals surface area contributed by atoms with Crippen LogP contribution in [-0.2, 0) is 6.42 Å².